The molecule has 4 rings (SSSR count). The third-order valence-electron chi connectivity index (χ3n) is 4.47. The van der Waals surface area contributed by atoms with Crippen LogP contribution in [0.5, 0.6) is 0 Å². The second-order valence-corrected chi connectivity index (χ2v) is 6.11. The molecule has 0 fully saturated rings. The molecule has 6 heteroatoms. The molecule has 0 bridgehead atoms. The molecule has 1 atom stereocenters. The molecule has 1 aliphatic heterocycles. The number of carbonyl (C=O) groups excluding carboxylic acids is 1. The van der Waals surface area contributed by atoms with E-state index >= 15 is 0 Å². The molecule has 0 spiro atoms. The van der Waals surface area contributed by atoms with Crippen LogP contribution in [0.15, 0.2) is 48.7 Å². The summed E-state index contributed by atoms with van der Waals surface area (Å²) in [7, 11) is 1.80. The van der Waals surface area contributed by atoms with Crippen molar-refractivity contribution in [1.82, 2.24) is 24.9 Å². The molecule has 24 heavy (non-hydrogen) atoms. The van der Waals surface area contributed by atoms with E-state index < -0.39 is 0 Å². The number of aromatic nitrogens is 4. The van der Waals surface area contributed by atoms with Gasteiger partial charge in [-0.2, -0.15) is 10.2 Å². The van der Waals surface area contributed by atoms with Crippen LogP contribution in [-0.2, 0) is 20.0 Å². The molecule has 0 saturated carbocycles. The van der Waals surface area contributed by atoms with Gasteiger partial charge < -0.3 is 5.32 Å². The fourth-order valence-electron chi connectivity index (χ4n) is 3.18. The molecule has 3 aromatic rings. The van der Waals surface area contributed by atoms with Crippen molar-refractivity contribution in [3.05, 3.63) is 60.0 Å². The Morgan fingerprint density at radius 3 is 2.92 bits per heavy atom. The molecule has 0 aliphatic carbocycles. The fraction of sp³-hybridized carbons (Fsp3) is 0.278. The maximum Gasteiger partial charge on any atom is 0.269 e. The first-order chi connectivity index (χ1) is 11.7. The Kier molecular flexibility index (Phi) is 3.65. The molecule has 122 valence electrons. The maximum atomic E-state index is 12.6. The van der Waals surface area contributed by atoms with Crippen molar-refractivity contribution in [2.75, 3.05) is 0 Å². The number of nitrogens with zero attached hydrogens (tertiary/aromatic N) is 4. The SMILES string of the molecule is Cn1nc(-c2ccccc2)cc1C(=O)N[C@@H]1CCn2nccc2C1. The van der Waals surface area contributed by atoms with Crippen LogP contribution in [0.4, 0.5) is 0 Å². The first-order valence-electron chi connectivity index (χ1n) is 8.12. The van der Waals surface area contributed by atoms with Crippen molar-refractivity contribution >= 4 is 5.91 Å². The lowest BCUT2D eigenvalue weighted by atomic mass is 10.0. The van der Waals surface area contributed by atoms with Gasteiger partial charge in [0.1, 0.15) is 5.69 Å². The van der Waals surface area contributed by atoms with Gasteiger partial charge in [0.25, 0.3) is 5.91 Å². The fourth-order valence-corrected chi connectivity index (χ4v) is 3.18. The number of rotatable bonds is 3. The summed E-state index contributed by atoms with van der Waals surface area (Å²) in [5.41, 5.74) is 3.56. The number of benzene rings is 1. The zero-order valence-corrected chi connectivity index (χ0v) is 13.5. The first-order valence-corrected chi connectivity index (χ1v) is 8.12. The molecular weight excluding hydrogens is 302 g/mol. The number of hydrogen-bond donors (Lipinski definition) is 1. The monoisotopic (exact) mass is 321 g/mol. The van der Waals surface area contributed by atoms with Gasteiger partial charge in [-0.05, 0) is 18.6 Å². The average molecular weight is 321 g/mol. The Bertz CT molecular complexity index is 865. The zero-order valence-electron chi connectivity index (χ0n) is 13.5. The molecule has 0 radical (unpaired) electrons. The summed E-state index contributed by atoms with van der Waals surface area (Å²) >= 11 is 0. The molecule has 1 amide bonds. The largest absolute Gasteiger partial charge is 0.348 e. The van der Waals surface area contributed by atoms with E-state index in [9.17, 15) is 4.79 Å². The first kappa shape index (κ1) is 14.7. The second kappa shape index (κ2) is 5.96. The normalized spacial score (nSPS) is 16.6. The smallest absolute Gasteiger partial charge is 0.269 e. The Hall–Kier alpha value is -2.89. The summed E-state index contributed by atoms with van der Waals surface area (Å²) < 4.78 is 3.64. The minimum Gasteiger partial charge on any atom is -0.348 e. The summed E-state index contributed by atoms with van der Waals surface area (Å²) in [5.74, 6) is -0.0786. The number of amides is 1. The lowest BCUT2D eigenvalue weighted by Gasteiger charge is -2.24. The van der Waals surface area contributed by atoms with E-state index in [0.717, 1.165) is 30.6 Å². The van der Waals surface area contributed by atoms with Crippen LogP contribution in [0.2, 0.25) is 0 Å². The van der Waals surface area contributed by atoms with Gasteiger partial charge in [-0.15, -0.1) is 0 Å². The van der Waals surface area contributed by atoms with E-state index in [1.807, 2.05) is 53.3 Å². The Morgan fingerprint density at radius 2 is 2.08 bits per heavy atom. The van der Waals surface area contributed by atoms with Crippen molar-refractivity contribution < 1.29 is 4.79 Å². The van der Waals surface area contributed by atoms with Crippen molar-refractivity contribution in [2.45, 2.75) is 25.4 Å². The van der Waals surface area contributed by atoms with Gasteiger partial charge >= 0.3 is 0 Å². The lowest BCUT2D eigenvalue weighted by Crippen LogP contribution is -2.40. The van der Waals surface area contributed by atoms with Crippen molar-refractivity contribution in [3.63, 3.8) is 0 Å². The van der Waals surface area contributed by atoms with Gasteiger partial charge in [-0.25, -0.2) is 0 Å². The van der Waals surface area contributed by atoms with Crippen LogP contribution in [-0.4, -0.2) is 31.5 Å². The summed E-state index contributed by atoms with van der Waals surface area (Å²) in [5, 5.41) is 11.9. The molecule has 2 aromatic heterocycles. The molecule has 1 aromatic carbocycles. The van der Waals surface area contributed by atoms with Gasteiger partial charge in [0, 0.05) is 43.5 Å². The Balaban J connectivity index is 1.50. The highest BCUT2D eigenvalue weighted by Crippen LogP contribution is 2.19. The van der Waals surface area contributed by atoms with E-state index in [1.54, 1.807) is 11.7 Å². The van der Waals surface area contributed by atoms with E-state index in [1.165, 1.54) is 5.69 Å². The minimum atomic E-state index is -0.0786. The lowest BCUT2D eigenvalue weighted by molar-refractivity contribution is 0.0920. The van der Waals surface area contributed by atoms with Gasteiger partial charge in [0.05, 0.1) is 5.69 Å². The average Bonchev–Trinajstić information content (AvgIpc) is 3.21. The second-order valence-electron chi connectivity index (χ2n) is 6.11. The number of aryl methyl sites for hydroxylation is 2. The zero-order chi connectivity index (χ0) is 16.5. The van der Waals surface area contributed by atoms with Crippen molar-refractivity contribution in [3.8, 4) is 11.3 Å². The maximum absolute atomic E-state index is 12.6. The molecule has 3 heterocycles. The highest BCUT2D eigenvalue weighted by molar-refractivity contribution is 5.93. The summed E-state index contributed by atoms with van der Waals surface area (Å²) in [4.78, 5) is 12.6. The van der Waals surface area contributed by atoms with Gasteiger partial charge in [-0.3, -0.25) is 14.2 Å². The predicted octanol–water partition coefficient (Wildman–Crippen LogP) is 2.03. The summed E-state index contributed by atoms with van der Waals surface area (Å²) in [6.45, 7) is 0.841. The van der Waals surface area contributed by atoms with Crippen molar-refractivity contribution in [1.29, 1.82) is 0 Å². The van der Waals surface area contributed by atoms with Crippen LogP contribution in [0, 0.1) is 0 Å². The number of carbonyl (C=O) groups is 1. The van der Waals surface area contributed by atoms with Crippen LogP contribution in [0.25, 0.3) is 11.3 Å². The number of nitrogens with one attached hydrogen (secondary N) is 1. The van der Waals surface area contributed by atoms with Crippen molar-refractivity contribution in [2.24, 2.45) is 7.05 Å². The van der Waals surface area contributed by atoms with E-state index in [-0.39, 0.29) is 11.9 Å². The molecule has 1 N–H and O–H groups in total. The predicted molar refractivity (Wildman–Crippen MR) is 90.4 cm³/mol. The van der Waals surface area contributed by atoms with Gasteiger partial charge in [0.2, 0.25) is 0 Å². The Labute approximate surface area is 140 Å². The van der Waals surface area contributed by atoms with Crippen LogP contribution in [0.1, 0.15) is 22.6 Å². The Morgan fingerprint density at radius 1 is 1.25 bits per heavy atom. The molecular formula is C18H19N5O. The topological polar surface area (TPSA) is 64.7 Å². The van der Waals surface area contributed by atoms with Crippen LogP contribution >= 0.6 is 0 Å². The molecule has 6 nitrogen and oxygen atoms in total. The van der Waals surface area contributed by atoms with Crippen LogP contribution in [0.3, 0.4) is 0 Å². The molecule has 0 unspecified atom stereocenters. The molecule has 1 aliphatic rings. The highest BCUT2D eigenvalue weighted by atomic mass is 16.2. The van der Waals surface area contributed by atoms with E-state index in [4.69, 9.17) is 0 Å². The third-order valence-corrected chi connectivity index (χ3v) is 4.47. The van der Waals surface area contributed by atoms with Gasteiger partial charge in [0.15, 0.2) is 0 Å². The highest BCUT2D eigenvalue weighted by Gasteiger charge is 2.22. The summed E-state index contributed by atoms with van der Waals surface area (Å²) in [6.07, 6.45) is 3.52. The number of fused-ring (bicyclic) bond motifs is 1. The standard InChI is InChI=1S/C18H19N5O/c1-22-17(12-16(21-22)13-5-3-2-4-6-13)18(24)20-14-8-10-23-15(11-14)7-9-19-23/h2-7,9,12,14H,8,10-11H2,1H3,(H,20,24)/t14-/m1/s1. The number of hydrogen-bond acceptors (Lipinski definition) is 3. The minimum absolute atomic E-state index is 0.0786. The summed E-state index contributed by atoms with van der Waals surface area (Å²) in [6, 6.07) is 13.9. The van der Waals surface area contributed by atoms with E-state index in [0.29, 0.717) is 5.69 Å². The van der Waals surface area contributed by atoms with E-state index in [2.05, 4.69) is 15.5 Å². The van der Waals surface area contributed by atoms with Crippen LogP contribution < -0.4 is 5.32 Å². The third kappa shape index (κ3) is 2.71. The quantitative estimate of drug-likeness (QED) is 0.803. The molecule has 0 saturated heterocycles. The van der Waals surface area contributed by atoms with Gasteiger partial charge in [-0.1, -0.05) is 30.3 Å².